The third-order valence-electron chi connectivity index (χ3n) is 6.35. The highest BCUT2D eigenvalue weighted by Gasteiger charge is 2.35. The van der Waals surface area contributed by atoms with Crippen molar-refractivity contribution in [1.29, 1.82) is 0 Å². The number of nitrogens with one attached hydrogen (secondary N) is 1. The first kappa shape index (κ1) is 19.3. The number of carbonyl (C=O) groups excluding carboxylic acids is 1. The van der Waals surface area contributed by atoms with Gasteiger partial charge in [0.05, 0.1) is 6.04 Å². The Labute approximate surface area is 190 Å². The summed E-state index contributed by atoms with van der Waals surface area (Å²) in [4.78, 5) is 20.5. The SMILES string of the molecule is CSc1ccc(C2c3[nH]c4ccccc4c3CCN2C(=O)c2ccc3c(c2)OCO3)cc1. The van der Waals surface area contributed by atoms with Crippen LogP contribution in [-0.2, 0) is 6.42 Å². The highest BCUT2D eigenvalue weighted by Crippen LogP contribution is 2.40. The number of thioether (sulfide) groups is 1. The number of hydrogen-bond donors (Lipinski definition) is 1. The van der Waals surface area contributed by atoms with Crippen LogP contribution in [-0.4, -0.2) is 35.4 Å². The lowest BCUT2D eigenvalue weighted by molar-refractivity contribution is 0.0691. The fraction of sp³-hybridized carbons (Fsp3) is 0.192. The molecule has 1 unspecified atom stereocenters. The maximum atomic E-state index is 13.7. The van der Waals surface area contributed by atoms with Gasteiger partial charge in [-0.2, -0.15) is 0 Å². The van der Waals surface area contributed by atoms with Crippen molar-refractivity contribution in [3.8, 4) is 11.5 Å². The van der Waals surface area contributed by atoms with Crippen LogP contribution in [0.15, 0.2) is 71.6 Å². The highest BCUT2D eigenvalue weighted by molar-refractivity contribution is 7.98. The number of H-pyrrole nitrogens is 1. The Morgan fingerprint density at radius 2 is 1.84 bits per heavy atom. The molecule has 0 saturated carbocycles. The van der Waals surface area contributed by atoms with E-state index in [-0.39, 0.29) is 18.7 Å². The number of para-hydroxylation sites is 1. The zero-order chi connectivity index (χ0) is 21.7. The molecule has 0 aliphatic carbocycles. The van der Waals surface area contributed by atoms with Gasteiger partial charge in [0.25, 0.3) is 5.91 Å². The van der Waals surface area contributed by atoms with Gasteiger partial charge in [-0.25, -0.2) is 0 Å². The predicted octanol–water partition coefficient (Wildman–Crippen LogP) is 5.41. The molecule has 1 atom stereocenters. The molecule has 5 nitrogen and oxygen atoms in total. The van der Waals surface area contributed by atoms with Crippen molar-refractivity contribution in [1.82, 2.24) is 9.88 Å². The van der Waals surface area contributed by atoms with Crippen molar-refractivity contribution < 1.29 is 14.3 Å². The fourth-order valence-electron chi connectivity index (χ4n) is 4.79. The van der Waals surface area contributed by atoms with Crippen molar-refractivity contribution in [3.63, 3.8) is 0 Å². The van der Waals surface area contributed by atoms with Crippen molar-refractivity contribution in [2.24, 2.45) is 0 Å². The molecule has 32 heavy (non-hydrogen) atoms. The number of benzene rings is 3. The van der Waals surface area contributed by atoms with Crippen LogP contribution in [0.2, 0.25) is 0 Å². The van der Waals surface area contributed by atoms with E-state index in [1.165, 1.54) is 15.8 Å². The summed E-state index contributed by atoms with van der Waals surface area (Å²) in [6.45, 7) is 0.844. The largest absolute Gasteiger partial charge is 0.454 e. The molecular weight excluding hydrogens is 420 g/mol. The average molecular weight is 443 g/mol. The molecule has 0 bridgehead atoms. The molecule has 1 aromatic heterocycles. The average Bonchev–Trinajstić information content (AvgIpc) is 3.47. The third kappa shape index (κ3) is 3.06. The first-order chi connectivity index (χ1) is 15.7. The molecule has 6 rings (SSSR count). The molecule has 6 heteroatoms. The van der Waals surface area contributed by atoms with Gasteiger partial charge in [-0.1, -0.05) is 30.3 Å². The molecule has 3 aromatic carbocycles. The Hall–Kier alpha value is -3.38. The minimum atomic E-state index is -0.181. The molecule has 0 radical (unpaired) electrons. The van der Waals surface area contributed by atoms with E-state index in [1.807, 2.05) is 23.1 Å². The van der Waals surface area contributed by atoms with Crippen LogP contribution in [0.5, 0.6) is 11.5 Å². The first-order valence-corrected chi connectivity index (χ1v) is 11.9. The Bertz CT molecular complexity index is 1330. The molecule has 0 fully saturated rings. The Morgan fingerprint density at radius 3 is 2.69 bits per heavy atom. The number of hydrogen-bond acceptors (Lipinski definition) is 4. The second kappa shape index (κ2) is 7.64. The van der Waals surface area contributed by atoms with Gasteiger partial charge < -0.3 is 19.4 Å². The molecule has 2 aliphatic rings. The molecule has 4 aromatic rings. The molecule has 2 aliphatic heterocycles. The second-order valence-electron chi connectivity index (χ2n) is 8.06. The Kier molecular flexibility index (Phi) is 4.61. The number of rotatable bonds is 3. The van der Waals surface area contributed by atoms with Crippen molar-refractivity contribution >= 4 is 28.6 Å². The summed E-state index contributed by atoms with van der Waals surface area (Å²) >= 11 is 1.71. The normalized spacial score (nSPS) is 16.9. The van der Waals surface area contributed by atoms with Gasteiger partial charge in [-0.15, -0.1) is 11.8 Å². The van der Waals surface area contributed by atoms with Crippen LogP contribution >= 0.6 is 11.8 Å². The van der Waals surface area contributed by atoms with Crippen molar-refractivity contribution in [2.75, 3.05) is 19.6 Å². The van der Waals surface area contributed by atoms with Gasteiger partial charge in [0, 0.05) is 33.6 Å². The number of fused-ring (bicyclic) bond motifs is 4. The molecule has 3 heterocycles. The first-order valence-electron chi connectivity index (χ1n) is 10.7. The van der Waals surface area contributed by atoms with Gasteiger partial charge in [0.1, 0.15) is 0 Å². The van der Waals surface area contributed by atoms with Crippen LogP contribution in [0.25, 0.3) is 10.9 Å². The predicted molar refractivity (Wildman–Crippen MR) is 126 cm³/mol. The maximum absolute atomic E-state index is 13.7. The smallest absolute Gasteiger partial charge is 0.254 e. The van der Waals surface area contributed by atoms with Crippen LogP contribution in [0.1, 0.15) is 33.2 Å². The van der Waals surface area contributed by atoms with Gasteiger partial charge in [-0.05, 0) is 60.2 Å². The summed E-state index contributed by atoms with van der Waals surface area (Å²) in [6, 6.07) is 22.2. The van der Waals surface area contributed by atoms with E-state index >= 15 is 0 Å². The topological polar surface area (TPSA) is 54.6 Å². The zero-order valence-electron chi connectivity index (χ0n) is 17.6. The fourth-order valence-corrected chi connectivity index (χ4v) is 5.20. The van der Waals surface area contributed by atoms with Gasteiger partial charge in [-0.3, -0.25) is 4.79 Å². The van der Waals surface area contributed by atoms with Crippen LogP contribution in [0.3, 0.4) is 0 Å². The number of aromatic nitrogens is 1. The summed E-state index contributed by atoms with van der Waals surface area (Å²) in [5, 5.41) is 1.24. The standard InChI is InChI=1S/C26H22N2O3S/c1-32-18-9-6-16(7-10-18)25-24-20(19-4-2-3-5-21(19)27-24)12-13-28(25)26(29)17-8-11-22-23(14-17)31-15-30-22/h2-11,14,25,27H,12-13,15H2,1H3. The van der Waals surface area contributed by atoms with E-state index in [0.717, 1.165) is 23.2 Å². The minimum Gasteiger partial charge on any atom is -0.454 e. The summed E-state index contributed by atoms with van der Waals surface area (Å²) in [5.41, 5.74) is 5.22. The number of nitrogens with zero attached hydrogens (tertiary/aromatic N) is 1. The lowest BCUT2D eigenvalue weighted by Gasteiger charge is -2.36. The second-order valence-corrected chi connectivity index (χ2v) is 8.93. The van der Waals surface area contributed by atoms with Gasteiger partial charge in [0.2, 0.25) is 6.79 Å². The van der Waals surface area contributed by atoms with E-state index in [2.05, 4.69) is 53.7 Å². The lowest BCUT2D eigenvalue weighted by Crippen LogP contribution is -2.40. The van der Waals surface area contributed by atoms with Crippen LogP contribution in [0.4, 0.5) is 0 Å². The third-order valence-corrected chi connectivity index (χ3v) is 7.09. The van der Waals surface area contributed by atoms with E-state index in [9.17, 15) is 4.79 Å². The minimum absolute atomic E-state index is 0.00782. The zero-order valence-corrected chi connectivity index (χ0v) is 18.4. The van der Waals surface area contributed by atoms with Crippen molar-refractivity contribution in [3.05, 3.63) is 89.1 Å². The van der Waals surface area contributed by atoms with E-state index in [1.54, 1.807) is 17.8 Å². The van der Waals surface area contributed by atoms with Crippen molar-refractivity contribution in [2.45, 2.75) is 17.4 Å². The number of aromatic amines is 1. The maximum Gasteiger partial charge on any atom is 0.254 e. The summed E-state index contributed by atoms with van der Waals surface area (Å²) in [6.07, 6.45) is 2.88. The summed E-state index contributed by atoms with van der Waals surface area (Å²) in [7, 11) is 0. The quantitative estimate of drug-likeness (QED) is 0.431. The summed E-state index contributed by atoms with van der Waals surface area (Å²) < 4.78 is 10.9. The van der Waals surface area contributed by atoms with Gasteiger partial charge in [0.15, 0.2) is 11.5 Å². The molecular formula is C26H22N2O3S. The highest BCUT2D eigenvalue weighted by atomic mass is 32.2. The molecule has 1 N–H and O–H groups in total. The molecule has 160 valence electrons. The number of carbonyl (C=O) groups is 1. The number of ether oxygens (including phenoxy) is 2. The molecule has 0 saturated heterocycles. The summed E-state index contributed by atoms with van der Waals surface area (Å²) in [5.74, 6) is 1.30. The van der Waals surface area contributed by atoms with Gasteiger partial charge >= 0.3 is 0 Å². The Morgan fingerprint density at radius 1 is 1.03 bits per heavy atom. The van der Waals surface area contributed by atoms with Crippen LogP contribution < -0.4 is 9.47 Å². The number of amides is 1. The lowest BCUT2D eigenvalue weighted by atomic mass is 9.91. The molecule has 0 spiro atoms. The van der Waals surface area contributed by atoms with E-state index in [0.29, 0.717) is 23.6 Å². The van der Waals surface area contributed by atoms with Crippen LogP contribution in [0, 0.1) is 0 Å². The Balaban J connectivity index is 1.46. The monoisotopic (exact) mass is 442 g/mol. The molecule has 1 amide bonds. The van der Waals surface area contributed by atoms with E-state index in [4.69, 9.17) is 9.47 Å². The van der Waals surface area contributed by atoms with E-state index < -0.39 is 0 Å².